The number of pyridine rings is 1. The Balaban J connectivity index is 1.60. The maximum Gasteiger partial charge on any atom is 0.325 e. The van der Waals surface area contributed by atoms with Gasteiger partial charge in [-0.2, -0.15) is 0 Å². The second-order valence-corrected chi connectivity index (χ2v) is 6.73. The summed E-state index contributed by atoms with van der Waals surface area (Å²) in [6.45, 7) is 3.67. The van der Waals surface area contributed by atoms with E-state index in [2.05, 4.69) is 15.6 Å². The van der Waals surface area contributed by atoms with Crippen molar-refractivity contribution < 1.29 is 14.4 Å². The second-order valence-electron chi connectivity index (χ2n) is 6.73. The van der Waals surface area contributed by atoms with Gasteiger partial charge in [-0.15, -0.1) is 0 Å². The molecule has 2 heterocycles. The lowest BCUT2D eigenvalue weighted by atomic mass is 9.91. The summed E-state index contributed by atoms with van der Waals surface area (Å²) in [4.78, 5) is 42.4. The molecule has 0 radical (unpaired) electrons. The highest BCUT2D eigenvalue weighted by molar-refractivity contribution is 6.09. The largest absolute Gasteiger partial charge is 0.354 e. The predicted molar refractivity (Wildman–Crippen MR) is 99.7 cm³/mol. The van der Waals surface area contributed by atoms with Crippen LogP contribution >= 0.6 is 0 Å². The van der Waals surface area contributed by atoms with Crippen molar-refractivity contribution in [3.8, 4) is 0 Å². The first kappa shape index (κ1) is 18.6. The average molecular weight is 366 g/mol. The van der Waals surface area contributed by atoms with Crippen molar-refractivity contribution in [1.29, 1.82) is 0 Å². The first-order valence-electron chi connectivity index (χ1n) is 8.78. The Kier molecular flexibility index (Phi) is 5.21. The molecule has 1 saturated heterocycles. The fourth-order valence-electron chi connectivity index (χ4n) is 3.00. The first-order chi connectivity index (χ1) is 12.9. The predicted octanol–water partition coefficient (Wildman–Crippen LogP) is 1.52. The average Bonchev–Trinajstić information content (AvgIpc) is 2.87. The molecule has 0 bridgehead atoms. The Bertz CT molecular complexity index is 851. The van der Waals surface area contributed by atoms with Crippen LogP contribution in [0.1, 0.15) is 23.7 Å². The number of aryl methyl sites for hydroxylation is 1. The van der Waals surface area contributed by atoms with E-state index in [1.807, 2.05) is 49.4 Å². The summed E-state index contributed by atoms with van der Waals surface area (Å²) >= 11 is 0. The minimum Gasteiger partial charge on any atom is -0.354 e. The Morgan fingerprint density at radius 3 is 2.59 bits per heavy atom. The number of aromatic nitrogens is 1. The second kappa shape index (κ2) is 7.57. The van der Waals surface area contributed by atoms with Crippen molar-refractivity contribution in [2.75, 3.05) is 13.1 Å². The Morgan fingerprint density at radius 2 is 1.93 bits per heavy atom. The number of benzene rings is 1. The third-order valence-corrected chi connectivity index (χ3v) is 4.64. The lowest BCUT2D eigenvalue weighted by Crippen LogP contribution is -2.43. The molecule has 1 aliphatic heterocycles. The number of rotatable bonds is 6. The van der Waals surface area contributed by atoms with E-state index in [4.69, 9.17) is 0 Å². The molecule has 7 heteroatoms. The van der Waals surface area contributed by atoms with E-state index >= 15 is 0 Å². The van der Waals surface area contributed by atoms with Gasteiger partial charge in [-0.1, -0.05) is 35.9 Å². The van der Waals surface area contributed by atoms with Crippen molar-refractivity contribution in [2.45, 2.75) is 25.8 Å². The lowest BCUT2D eigenvalue weighted by molar-refractivity contribution is -0.134. The standard InChI is InChI=1S/C20H22N4O3/c1-14-6-8-15(9-7-14)20(2)18(26)24(19(27)23-20)13-17(25)22-12-10-16-5-3-4-11-21-16/h3-9,11H,10,12-13H2,1-2H3,(H,22,25)(H,23,27). The molecule has 27 heavy (non-hydrogen) atoms. The van der Waals surface area contributed by atoms with E-state index < -0.39 is 17.5 Å². The van der Waals surface area contributed by atoms with Crippen LogP contribution in [0.15, 0.2) is 48.7 Å². The Hall–Kier alpha value is -3.22. The number of carbonyl (C=O) groups is 3. The summed E-state index contributed by atoms with van der Waals surface area (Å²) in [5.74, 6) is -0.821. The number of carbonyl (C=O) groups excluding carboxylic acids is 3. The fraction of sp³-hybridized carbons (Fsp3) is 0.300. The molecule has 1 fully saturated rings. The van der Waals surface area contributed by atoms with Crippen LogP contribution in [0.25, 0.3) is 0 Å². The van der Waals surface area contributed by atoms with Gasteiger partial charge in [0.05, 0.1) is 0 Å². The quantitative estimate of drug-likeness (QED) is 0.758. The highest BCUT2D eigenvalue weighted by Gasteiger charge is 2.49. The van der Waals surface area contributed by atoms with Crippen molar-refractivity contribution in [1.82, 2.24) is 20.5 Å². The minimum atomic E-state index is -1.17. The molecule has 4 amide bonds. The SMILES string of the molecule is Cc1ccc(C2(C)NC(=O)N(CC(=O)NCCc3ccccn3)C2=O)cc1. The molecular formula is C20H22N4O3. The van der Waals surface area contributed by atoms with Gasteiger partial charge in [0.2, 0.25) is 5.91 Å². The van der Waals surface area contributed by atoms with Crippen LogP contribution in [-0.4, -0.2) is 40.8 Å². The molecule has 1 aromatic carbocycles. The van der Waals surface area contributed by atoms with Crippen molar-refractivity contribution >= 4 is 17.8 Å². The molecule has 2 aromatic rings. The summed E-state index contributed by atoms with van der Waals surface area (Å²) in [6, 6.07) is 12.4. The smallest absolute Gasteiger partial charge is 0.325 e. The van der Waals surface area contributed by atoms with Gasteiger partial charge < -0.3 is 10.6 Å². The molecule has 0 aliphatic carbocycles. The van der Waals surface area contributed by atoms with E-state index in [-0.39, 0.29) is 12.5 Å². The Labute approximate surface area is 157 Å². The third kappa shape index (κ3) is 3.97. The molecule has 3 rings (SSSR count). The van der Waals surface area contributed by atoms with Crippen LogP contribution in [0.4, 0.5) is 4.79 Å². The number of imide groups is 1. The molecular weight excluding hydrogens is 344 g/mol. The molecule has 1 aromatic heterocycles. The van der Waals surface area contributed by atoms with Gasteiger partial charge in [0.1, 0.15) is 12.1 Å². The zero-order valence-corrected chi connectivity index (χ0v) is 15.4. The highest BCUT2D eigenvalue weighted by Crippen LogP contribution is 2.28. The summed E-state index contributed by atoms with van der Waals surface area (Å²) in [5.41, 5.74) is 1.44. The van der Waals surface area contributed by atoms with Gasteiger partial charge in [0.25, 0.3) is 5.91 Å². The van der Waals surface area contributed by atoms with E-state index in [1.54, 1.807) is 13.1 Å². The van der Waals surface area contributed by atoms with Gasteiger partial charge in [0.15, 0.2) is 0 Å². The number of nitrogens with one attached hydrogen (secondary N) is 2. The van der Waals surface area contributed by atoms with Crippen LogP contribution < -0.4 is 10.6 Å². The summed E-state index contributed by atoms with van der Waals surface area (Å²) in [6.07, 6.45) is 2.27. The summed E-state index contributed by atoms with van der Waals surface area (Å²) in [5, 5.41) is 5.42. The zero-order valence-electron chi connectivity index (χ0n) is 15.4. The molecule has 0 saturated carbocycles. The van der Waals surface area contributed by atoms with Crippen LogP contribution in [0.3, 0.4) is 0 Å². The number of urea groups is 1. The lowest BCUT2D eigenvalue weighted by Gasteiger charge is -2.22. The van der Waals surface area contributed by atoms with Crippen LogP contribution in [-0.2, 0) is 21.5 Å². The van der Waals surface area contributed by atoms with Gasteiger partial charge in [0, 0.05) is 24.9 Å². The third-order valence-electron chi connectivity index (χ3n) is 4.64. The van der Waals surface area contributed by atoms with Crippen LogP contribution in [0.5, 0.6) is 0 Å². The molecule has 7 nitrogen and oxygen atoms in total. The van der Waals surface area contributed by atoms with Gasteiger partial charge in [-0.05, 0) is 31.5 Å². The van der Waals surface area contributed by atoms with Crippen molar-refractivity contribution in [2.24, 2.45) is 0 Å². The number of amides is 4. The van der Waals surface area contributed by atoms with Gasteiger partial charge in [-0.3, -0.25) is 19.5 Å². The number of hydrogen-bond donors (Lipinski definition) is 2. The molecule has 1 atom stereocenters. The number of hydrogen-bond acceptors (Lipinski definition) is 4. The zero-order chi connectivity index (χ0) is 19.4. The van der Waals surface area contributed by atoms with Gasteiger partial charge >= 0.3 is 6.03 Å². The van der Waals surface area contributed by atoms with E-state index in [1.165, 1.54) is 0 Å². The molecule has 1 unspecified atom stereocenters. The molecule has 0 spiro atoms. The minimum absolute atomic E-state index is 0.311. The van der Waals surface area contributed by atoms with Crippen molar-refractivity contribution in [3.63, 3.8) is 0 Å². The van der Waals surface area contributed by atoms with Crippen LogP contribution in [0, 0.1) is 6.92 Å². The maximum absolute atomic E-state index is 12.8. The van der Waals surface area contributed by atoms with E-state index in [0.717, 1.165) is 16.2 Å². The molecule has 2 N–H and O–H groups in total. The van der Waals surface area contributed by atoms with E-state index in [9.17, 15) is 14.4 Å². The highest BCUT2D eigenvalue weighted by atomic mass is 16.2. The summed E-state index contributed by atoms with van der Waals surface area (Å²) < 4.78 is 0. The maximum atomic E-state index is 12.8. The van der Waals surface area contributed by atoms with Crippen molar-refractivity contribution in [3.05, 3.63) is 65.5 Å². The van der Waals surface area contributed by atoms with E-state index in [0.29, 0.717) is 18.5 Å². The Morgan fingerprint density at radius 1 is 1.19 bits per heavy atom. The van der Waals surface area contributed by atoms with Gasteiger partial charge in [-0.25, -0.2) is 4.79 Å². The molecule has 1 aliphatic rings. The molecule has 140 valence electrons. The monoisotopic (exact) mass is 366 g/mol. The first-order valence-corrected chi connectivity index (χ1v) is 8.78. The normalized spacial score (nSPS) is 19.1. The number of nitrogens with zero attached hydrogens (tertiary/aromatic N) is 2. The van der Waals surface area contributed by atoms with Crippen LogP contribution in [0.2, 0.25) is 0 Å². The fourth-order valence-corrected chi connectivity index (χ4v) is 3.00. The summed E-state index contributed by atoms with van der Waals surface area (Å²) in [7, 11) is 0. The topological polar surface area (TPSA) is 91.4 Å².